The zero-order valence-corrected chi connectivity index (χ0v) is 15.8. The van der Waals surface area contributed by atoms with Gasteiger partial charge in [-0.25, -0.2) is 0 Å². The number of hydrogen-bond donors (Lipinski definition) is 2. The van der Waals surface area contributed by atoms with Gasteiger partial charge in [0.2, 0.25) is 11.8 Å². The van der Waals surface area contributed by atoms with E-state index in [1.807, 2.05) is 97.9 Å². The molecule has 0 spiro atoms. The third-order valence-corrected chi connectivity index (χ3v) is 4.63. The Bertz CT molecular complexity index is 856. The maximum Gasteiger partial charge on any atom is 0.239 e. The molecule has 1 atom stereocenters. The van der Waals surface area contributed by atoms with Crippen molar-refractivity contribution >= 4 is 11.8 Å². The van der Waals surface area contributed by atoms with E-state index in [2.05, 4.69) is 10.6 Å². The van der Waals surface area contributed by atoms with Crippen LogP contribution in [0, 0.1) is 0 Å². The van der Waals surface area contributed by atoms with Gasteiger partial charge in [-0.05, 0) is 23.6 Å². The number of rotatable bonds is 7. The van der Waals surface area contributed by atoms with E-state index in [1.54, 1.807) is 0 Å². The molecule has 0 saturated carbocycles. The Labute approximate surface area is 165 Å². The third-order valence-electron chi connectivity index (χ3n) is 4.63. The minimum Gasteiger partial charge on any atom is -0.348 e. The van der Waals surface area contributed by atoms with Crippen LogP contribution in [-0.4, -0.2) is 18.4 Å². The van der Waals surface area contributed by atoms with Gasteiger partial charge >= 0.3 is 0 Å². The van der Waals surface area contributed by atoms with Gasteiger partial charge in [0.05, 0.1) is 18.5 Å². The summed E-state index contributed by atoms with van der Waals surface area (Å²) in [4.78, 5) is 25.2. The topological polar surface area (TPSA) is 58.2 Å². The fourth-order valence-electron chi connectivity index (χ4n) is 3.17. The fraction of sp³-hybridized carbons (Fsp3) is 0.167. The summed E-state index contributed by atoms with van der Waals surface area (Å²) in [6, 6.07) is 28.8. The standard InChI is InChI=1S/C24H24N2O2/c1-18(19-11-5-2-6-12-19)26-22(27)17-25-24(28)23(20-13-7-3-8-14-20)21-15-9-4-10-16-21/h2-16,18,23H,17H2,1H3,(H,25,28)(H,26,27)/t18-/m1/s1. The zero-order valence-electron chi connectivity index (χ0n) is 15.8. The molecular weight excluding hydrogens is 348 g/mol. The Kier molecular flexibility index (Phi) is 6.58. The van der Waals surface area contributed by atoms with Crippen molar-refractivity contribution < 1.29 is 9.59 Å². The SMILES string of the molecule is C[C@@H](NC(=O)CNC(=O)C(c1ccccc1)c1ccccc1)c1ccccc1. The molecular formula is C24H24N2O2. The predicted molar refractivity (Wildman–Crippen MR) is 111 cm³/mol. The van der Waals surface area contributed by atoms with E-state index < -0.39 is 5.92 Å². The summed E-state index contributed by atoms with van der Waals surface area (Å²) in [7, 11) is 0. The zero-order chi connectivity index (χ0) is 19.8. The first-order chi connectivity index (χ1) is 13.6. The molecule has 0 aliphatic rings. The van der Waals surface area contributed by atoms with Crippen LogP contribution < -0.4 is 10.6 Å². The van der Waals surface area contributed by atoms with Crippen molar-refractivity contribution in [3.8, 4) is 0 Å². The molecule has 0 heterocycles. The van der Waals surface area contributed by atoms with Crippen molar-refractivity contribution in [3.05, 3.63) is 108 Å². The summed E-state index contributed by atoms with van der Waals surface area (Å²) in [6.07, 6.45) is 0. The summed E-state index contributed by atoms with van der Waals surface area (Å²) >= 11 is 0. The van der Waals surface area contributed by atoms with Crippen molar-refractivity contribution in [1.82, 2.24) is 10.6 Å². The average Bonchev–Trinajstić information content (AvgIpc) is 2.74. The Morgan fingerprint density at radius 3 is 1.61 bits per heavy atom. The second kappa shape index (κ2) is 9.51. The molecule has 3 rings (SSSR count). The van der Waals surface area contributed by atoms with Crippen molar-refractivity contribution in [2.75, 3.05) is 6.54 Å². The minimum absolute atomic E-state index is 0.0633. The number of amides is 2. The van der Waals surface area contributed by atoms with Crippen LogP contribution in [0.5, 0.6) is 0 Å². The van der Waals surface area contributed by atoms with Gasteiger partial charge in [-0.3, -0.25) is 9.59 Å². The number of benzene rings is 3. The third kappa shape index (κ3) is 5.07. The van der Waals surface area contributed by atoms with Crippen LogP contribution in [0.25, 0.3) is 0 Å². The highest BCUT2D eigenvalue weighted by molar-refractivity contribution is 5.90. The van der Waals surface area contributed by atoms with Crippen LogP contribution in [0.2, 0.25) is 0 Å². The van der Waals surface area contributed by atoms with Crippen LogP contribution in [-0.2, 0) is 9.59 Å². The van der Waals surface area contributed by atoms with Crippen LogP contribution in [0.1, 0.15) is 35.6 Å². The van der Waals surface area contributed by atoms with Gasteiger partial charge in [-0.1, -0.05) is 91.0 Å². The second-order valence-electron chi connectivity index (χ2n) is 6.67. The van der Waals surface area contributed by atoms with Gasteiger partial charge in [0.15, 0.2) is 0 Å². The lowest BCUT2D eigenvalue weighted by Gasteiger charge is -2.19. The molecule has 0 aliphatic heterocycles. The molecule has 0 bridgehead atoms. The average molecular weight is 372 g/mol. The molecule has 0 radical (unpaired) electrons. The van der Waals surface area contributed by atoms with Crippen LogP contribution in [0.4, 0.5) is 0 Å². The van der Waals surface area contributed by atoms with Gasteiger partial charge in [0.1, 0.15) is 0 Å². The first kappa shape index (κ1) is 19.4. The van der Waals surface area contributed by atoms with E-state index in [0.29, 0.717) is 0 Å². The predicted octanol–water partition coefficient (Wildman–Crippen LogP) is 3.81. The Morgan fingerprint density at radius 1 is 0.714 bits per heavy atom. The maximum atomic E-state index is 12.9. The number of carbonyl (C=O) groups is 2. The number of carbonyl (C=O) groups excluding carboxylic acids is 2. The van der Waals surface area contributed by atoms with Gasteiger partial charge in [0, 0.05) is 0 Å². The normalized spacial score (nSPS) is 11.6. The smallest absolute Gasteiger partial charge is 0.239 e. The lowest BCUT2D eigenvalue weighted by atomic mass is 9.90. The fourth-order valence-corrected chi connectivity index (χ4v) is 3.17. The highest BCUT2D eigenvalue weighted by Gasteiger charge is 2.23. The van der Waals surface area contributed by atoms with Gasteiger partial charge in [0.25, 0.3) is 0 Å². The monoisotopic (exact) mass is 372 g/mol. The molecule has 0 aromatic heterocycles. The summed E-state index contributed by atoms with van der Waals surface area (Å²) < 4.78 is 0. The molecule has 0 unspecified atom stereocenters. The van der Waals surface area contributed by atoms with Gasteiger partial charge in [-0.2, -0.15) is 0 Å². The molecule has 28 heavy (non-hydrogen) atoms. The Balaban J connectivity index is 1.65. The van der Waals surface area contributed by atoms with E-state index >= 15 is 0 Å². The molecule has 0 aliphatic carbocycles. The molecule has 4 heteroatoms. The molecule has 2 N–H and O–H groups in total. The van der Waals surface area contributed by atoms with Gasteiger partial charge in [-0.15, -0.1) is 0 Å². The van der Waals surface area contributed by atoms with Crippen LogP contribution in [0.3, 0.4) is 0 Å². The van der Waals surface area contributed by atoms with Crippen LogP contribution in [0.15, 0.2) is 91.0 Å². The first-order valence-corrected chi connectivity index (χ1v) is 9.37. The Morgan fingerprint density at radius 2 is 1.14 bits per heavy atom. The van der Waals surface area contributed by atoms with E-state index in [9.17, 15) is 9.59 Å². The highest BCUT2D eigenvalue weighted by atomic mass is 16.2. The van der Waals surface area contributed by atoms with Crippen molar-refractivity contribution in [2.45, 2.75) is 18.9 Å². The van der Waals surface area contributed by atoms with E-state index in [1.165, 1.54) is 0 Å². The van der Waals surface area contributed by atoms with E-state index in [0.717, 1.165) is 16.7 Å². The lowest BCUT2D eigenvalue weighted by Crippen LogP contribution is -2.40. The summed E-state index contributed by atoms with van der Waals surface area (Å²) in [6.45, 7) is 1.86. The molecule has 4 nitrogen and oxygen atoms in total. The molecule has 3 aromatic carbocycles. The lowest BCUT2D eigenvalue weighted by molar-refractivity contribution is -0.126. The molecule has 2 amide bonds. The summed E-state index contributed by atoms with van der Waals surface area (Å²) in [5.41, 5.74) is 2.81. The summed E-state index contributed by atoms with van der Waals surface area (Å²) in [5, 5.41) is 5.70. The highest BCUT2D eigenvalue weighted by Crippen LogP contribution is 2.24. The van der Waals surface area contributed by atoms with E-state index in [-0.39, 0.29) is 24.4 Å². The summed E-state index contributed by atoms with van der Waals surface area (Å²) in [5.74, 6) is -0.869. The van der Waals surface area contributed by atoms with Crippen molar-refractivity contribution in [3.63, 3.8) is 0 Å². The van der Waals surface area contributed by atoms with Crippen molar-refractivity contribution in [2.24, 2.45) is 0 Å². The maximum absolute atomic E-state index is 12.9. The molecule has 3 aromatic rings. The molecule has 0 fully saturated rings. The largest absolute Gasteiger partial charge is 0.348 e. The van der Waals surface area contributed by atoms with E-state index in [4.69, 9.17) is 0 Å². The minimum atomic E-state index is -0.457. The molecule has 0 saturated heterocycles. The quantitative estimate of drug-likeness (QED) is 0.663. The van der Waals surface area contributed by atoms with Crippen LogP contribution >= 0.6 is 0 Å². The van der Waals surface area contributed by atoms with Crippen molar-refractivity contribution in [1.29, 1.82) is 0 Å². The Hall–Kier alpha value is -3.40. The number of nitrogens with one attached hydrogen (secondary N) is 2. The first-order valence-electron chi connectivity index (χ1n) is 9.37. The molecule has 142 valence electrons. The van der Waals surface area contributed by atoms with Gasteiger partial charge < -0.3 is 10.6 Å². The number of hydrogen-bond acceptors (Lipinski definition) is 2. The second-order valence-corrected chi connectivity index (χ2v) is 6.67.